The molecular weight excluding hydrogens is 479 g/mol. The van der Waals surface area contributed by atoms with E-state index in [2.05, 4.69) is 64.3 Å². The molecule has 0 amide bonds. The number of pyridine rings is 1. The molecular formula is C21H33IN6O. The number of rotatable bonds is 5. The Hall–Kier alpha value is -1.84. The molecule has 7 nitrogen and oxygen atoms in total. The first kappa shape index (κ1) is 23.4. The summed E-state index contributed by atoms with van der Waals surface area (Å²) in [5.41, 5.74) is -0.0424. The van der Waals surface area contributed by atoms with E-state index in [-0.39, 0.29) is 29.4 Å². The van der Waals surface area contributed by atoms with Gasteiger partial charge in [-0.05, 0) is 31.9 Å². The normalized spacial score (nSPS) is 15.7. The monoisotopic (exact) mass is 512 g/mol. The zero-order valence-corrected chi connectivity index (χ0v) is 20.1. The van der Waals surface area contributed by atoms with Crippen LogP contribution < -0.4 is 15.5 Å². The van der Waals surface area contributed by atoms with Crippen molar-refractivity contribution >= 4 is 35.8 Å². The van der Waals surface area contributed by atoms with Crippen molar-refractivity contribution in [3.8, 4) is 0 Å². The van der Waals surface area contributed by atoms with E-state index < -0.39 is 0 Å². The molecule has 1 saturated heterocycles. The predicted octanol–water partition coefficient (Wildman–Crippen LogP) is 3.71. The molecule has 3 heterocycles. The van der Waals surface area contributed by atoms with Gasteiger partial charge in [0, 0.05) is 37.3 Å². The number of nitrogens with zero attached hydrogens (tertiary/aromatic N) is 4. The summed E-state index contributed by atoms with van der Waals surface area (Å²) < 4.78 is 5.84. The maximum Gasteiger partial charge on any atom is 0.216 e. The average Bonchev–Trinajstić information content (AvgIpc) is 3.17. The predicted molar refractivity (Wildman–Crippen MR) is 128 cm³/mol. The standard InChI is InChI=1S/C21H32N6O.HI/c1-5-22-20(25-15-19-24-14-17(28-19)21(2,3)4)26-16-9-12-27(13-10-16)18-8-6-7-11-23-18;/h6-8,11,14,16H,5,9-10,12-13,15H2,1-4H3,(H2,22,25,26);1H. The van der Waals surface area contributed by atoms with Crippen LogP contribution in [0.15, 0.2) is 40.0 Å². The number of hydrogen-bond donors (Lipinski definition) is 2. The van der Waals surface area contributed by atoms with E-state index in [0.717, 1.165) is 50.0 Å². The first-order chi connectivity index (χ1) is 13.5. The van der Waals surface area contributed by atoms with Gasteiger partial charge in [0.1, 0.15) is 18.1 Å². The van der Waals surface area contributed by atoms with Gasteiger partial charge in [0.25, 0.3) is 0 Å². The fourth-order valence-electron chi connectivity index (χ4n) is 3.18. The molecule has 0 radical (unpaired) electrons. The molecule has 2 N–H and O–H groups in total. The molecule has 29 heavy (non-hydrogen) atoms. The van der Waals surface area contributed by atoms with Crippen molar-refractivity contribution in [2.24, 2.45) is 4.99 Å². The minimum atomic E-state index is -0.0424. The fourth-order valence-corrected chi connectivity index (χ4v) is 3.18. The molecule has 0 aliphatic carbocycles. The number of piperidine rings is 1. The molecule has 0 spiro atoms. The lowest BCUT2D eigenvalue weighted by Gasteiger charge is -2.33. The summed E-state index contributed by atoms with van der Waals surface area (Å²) in [6.07, 6.45) is 5.75. The van der Waals surface area contributed by atoms with Gasteiger partial charge in [-0.25, -0.2) is 15.0 Å². The Kier molecular flexibility index (Phi) is 8.73. The molecule has 160 valence electrons. The van der Waals surface area contributed by atoms with Gasteiger partial charge in [0.2, 0.25) is 5.89 Å². The third kappa shape index (κ3) is 6.87. The molecule has 3 rings (SSSR count). The van der Waals surface area contributed by atoms with E-state index in [1.807, 2.05) is 18.3 Å². The molecule has 1 fully saturated rings. The number of anilines is 1. The highest BCUT2D eigenvalue weighted by Gasteiger charge is 2.21. The van der Waals surface area contributed by atoms with Crippen LogP contribution in [-0.2, 0) is 12.0 Å². The van der Waals surface area contributed by atoms with Crippen molar-refractivity contribution < 1.29 is 4.42 Å². The van der Waals surface area contributed by atoms with Crippen LogP contribution in [0.25, 0.3) is 0 Å². The molecule has 0 bridgehead atoms. The van der Waals surface area contributed by atoms with Crippen LogP contribution in [0.5, 0.6) is 0 Å². The molecule has 2 aromatic heterocycles. The number of hydrogen-bond acceptors (Lipinski definition) is 5. The summed E-state index contributed by atoms with van der Waals surface area (Å²) in [5.74, 6) is 3.40. The van der Waals surface area contributed by atoms with Crippen molar-refractivity contribution in [2.45, 2.75) is 58.5 Å². The molecule has 0 aromatic carbocycles. The molecule has 1 aliphatic rings. The van der Waals surface area contributed by atoms with Crippen LogP contribution in [0.1, 0.15) is 52.2 Å². The molecule has 0 unspecified atom stereocenters. The average molecular weight is 512 g/mol. The van der Waals surface area contributed by atoms with Gasteiger partial charge >= 0.3 is 0 Å². The van der Waals surface area contributed by atoms with E-state index in [4.69, 9.17) is 4.42 Å². The van der Waals surface area contributed by atoms with Crippen LogP contribution in [0.3, 0.4) is 0 Å². The highest BCUT2D eigenvalue weighted by atomic mass is 127. The van der Waals surface area contributed by atoms with Crippen molar-refractivity contribution in [3.05, 3.63) is 42.2 Å². The van der Waals surface area contributed by atoms with Gasteiger partial charge in [-0.3, -0.25) is 0 Å². The highest BCUT2D eigenvalue weighted by Crippen LogP contribution is 2.23. The topological polar surface area (TPSA) is 78.6 Å². The van der Waals surface area contributed by atoms with Crippen LogP contribution >= 0.6 is 24.0 Å². The van der Waals surface area contributed by atoms with E-state index in [0.29, 0.717) is 18.5 Å². The molecule has 8 heteroatoms. The fraction of sp³-hybridized carbons (Fsp3) is 0.571. The Balaban J connectivity index is 0.00000300. The maximum absolute atomic E-state index is 5.84. The van der Waals surface area contributed by atoms with Gasteiger partial charge in [0.15, 0.2) is 5.96 Å². The number of guanidine groups is 1. The maximum atomic E-state index is 5.84. The quantitative estimate of drug-likeness (QED) is 0.362. The van der Waals surface area contributed by atoms with Gasteiger partial charge in [-0.2, -0.15) is 0 Å². The Labute approximate surface area is 190 Å². The minimum absolute atomic E-state index is 0. The van der Waals surface area contributed by atoms with E-state index in [1.54, 1.807) is 6.20 Å². The largest absolute Gasteiger partial charge is 0.443 e. The number of aromatic nitrogens is 2. The summed E-state index contributed by atoms with van der Waals surface area (Å²) in [6.45, 7) is 11.6. The molecule has 1 aliphatic heterocycles. The van der Waals surface area contributed by atoms with Gasteiger partial charge in [-0.1, -0.05) is 26.8 Å². The van der Waals surface area contributed by atoms with Crippen molar-refractivity contribution in [1.29, 1.82) is 0 Å². The highest BCUT2D eigenvalue weighted by molar-refractivity contribution is 14.0. The Morgan fingerprint density at radius 3 is 2.59 bits per heavy atom. The van der Waals surface area contributed by atoms with E-state index >= 15 is 0 Å². The van der Waals surface area contributed by atoms with Crippen LogP contribution in [-0.4, -0.2) is 41.6 Å². The third-order valence-corrected chi connectivity index (χ3v) is 4.82. The second kappa shape index (κ2) is 10.8. The van der Waals surface area contributed by atoms with Crippen molar-refractivity contribution in [1.82, 2.24) is 20.6 Å². The van der Waals surface area contributed by atoms with Gasteiger partial charge in [-0.15, -0.1) is 24.0 Å². The summed E-state index contributed by atoms with van der Waals surface area (Å²) in [6, 6.07) is 6.46. The van der Waals surface area contributed by atoms with Gasteiger partial charge < -0.3 is 20.0 Å². The van der Waals surface area contributed by atoms with E-state index in [1.165, 1.54) is 0 Å². The second-order valence-electron chi connectivity index (χ2n) is 8.16. The summed E-state index contributed by atoms with van der Waals surface area (Å²) in [4.78, 5) is 15.8. The summed E-state index contributed by atoms with van der Waals surface area (Å²) >= 11 is 0. The lowest BCUT2D eigenvalue weighted by atomic mass is 9.94. The van der Waals surface area contributed by atoms with Crippen molar-refractivity contribution in [2.75, 3.05) is 24.5 Å². The smallest absolute Gasteiger partial charge is 0.216 e. The van der Waals surface area contributed by atoms with Crippen LogP contribution in [0, 0.1) is 0 Å². The van der Waals surface area contributed by atoms with Gasteiger partial charge in [0.05, 0.1) is 6.20 Å². The number of aliphatic imine (C=N–C) groups is 1. The van der Waals surface area contributed by atoms with Crippen LogP contribution in [0.2, 0.25) is 0 Å². The zero-order chi connectivity index (χ0) is 20.0. The summed E-state index contributed by atoms with van der Waals surface area (Å²) in [5, 5.41) is 6.88. The number of nitrogens with one attached hydrogen (secondary N) is 2. The SMILES string of the molecule is CCNC(=NCc1ncc(C(C)(C)C)o1)NC1CCN(c2ccccn2)CC1.I. The van der Waals surface area contributed by atoms with Crippen LogP contribution in [0.4, 0.5) is 5.82 Å². The third-order valence-electron chi connectivity index (χ3n) is 4.82. The Bertz CT molecular complexity index is 763. The molecule has 0 saturated carbocycles. The first-order valence-corrected chi connectivity index (χ1v) is 10.1. The lowest BCUT2D eigenvalue weighted by Crippen LogP contribution is -2.48. The zero-order valence-electron chi connectivity index (χ0n) is 17.8. The molecule has 0 atom stereocenters. The first-order valence-electron chi connectivity index (χ1n) is 10.1. The Morgan fingerprint density at radius 1 is 1.24 bits per heavy atom. The lowest BCUT2D eigenvalue weighted by molar-refractivity contribution is 0.383. The van der Waals surface area contributed by atoms with Crippen molar-refractivity contribution in [3.63, 3.8) is 0 Å². The molecule has 2 aromatic rings. The second-order valence-corrected chi connectivity index (χ2v) is 8.16. The number of halogens is 1. The minimum Gasteiger partial charge on any atom is -0.443 e. The number of oxazole rings is 1. The Morgan fingerprint density at radius 2 is 2.00 bits per heavy atom. The van der Waals surface area contributed by atoms with E-state index in [9.17, 15) is 0 Å². The summed E-state index contributed by atoms with van der Waals surface area (Å²) in [7, 11) is 0.